The summed E-state index contributed by atoms with van der Waals surface area (Å²) in [5, 5.41) is 13.0. The van der Waals surface area contributed by atoms with Crippen LogP contribution in [0.5, 0.6) is 11.5 Å². The Morgan fingerprint density at radius 3 is 1.25 bits per heavy atom. The number of benzene rings is 6. The third kappa shape index (κ3) is 15.8. The number of anilines is 15. The Bertz CT molecular complexity index is 5000. The average Bonchev–Trinajstić information content (AvgIpc) is 1.63. The number of nitrogens with one attached hydrogen (secondary N) is 4. The highest BCUT2D eigenvalue weighted by Gasteiger charge is 2.34. The number of likely N-dealkylation sites (tertiary alicyclic amines) is 2. The molecule has 3 saturated heterocycles. The Morgan fingerprint density at radius 2 is 0.824 bits per heavy atom. The van der Waals surface area contributed by atoms with Crippen LogP contribution >= 0.6 is 0 Å². The lowest BCUT2D eigenvalue weighted by Crippen LogP contribution is -2.52. The van der Waals surface area contributed by atoms with Gasteiger partial charge in [0.15, 0.2) is 27.3 Å². The number of piperazine rings is 1. The number of hydrogen-bond acceptors (Lipinski definition) is 21. The smallest absolute Gasteiger partial charge is 0.260 e. The number of fused-ring (bicyclic) bond motifs is 6. The summed E-state index contributed by atoms with van der Waals surface area (Å²) in [7, 11) is 15.2. The molecule has 6 aliphatic rings. The van der Waals surface area contributed by atoms with E-state index >= 15 is 0 Å². The third-order valence-corrected chi connectivity index (χ3v) is 22.0. The molecule has 9 aromatic rings. The molecule has 6 aromatic carbocycles. The van der Waals surface area contributed by atoms with Gasteiger partial charge in [0.2, 0.25) is 0 Å². The number of ether oxygens (including phenoxy) is 2. The fourth-order valence-corrected chi connectivity index (χ4v) is 15.0. The summed E-state index contributed by atoms with van der Waals surface area (Å²) < 4.78 is 34.5. The molecule has 26 nitrogen and oxygen atoms in total. The quantitative estimate of drug-likeness (QED) is 0.0836. The van der Waals surface area contributed by atoms with Crippen LogP contribution in [0.2, 0.25) is 0 Å². The second-order valence-electron chi connectivity index (χ2n) is 27.9. The van der Waals surface area contributed by atoms with Gasteiger partial charge in [0.05, 0.1) is 81.3 Å². The van der Waals surface area contributed by atoms with E-state index in [0.29, 0.717) is 114 Å². The molecule has 0 spiro atoms. The Hall–Kier alpha value is -11.7. The largest absolute Gasteiger partial charge is 0.495 e. The fraction of sp³-hybridized carbons (Fsp3) is 0.309. The van der Waals surface area contributed by atoms with E-state index in [1.165, 1.54) is 6.26 Å². The molecular weight excluding hydrogens is 1390 g/mol. The number of likely N-dealkylation sites (N-methyl/N-ethyl adjacent to an activating group) is 1. The Morgan fingerprint density at radius 1 is 0.426 bits per heavy atom. The number of aromatic nitrogens is 3. The molecule has 3 fully saturated rings. The van der Waals surface area contributed by atoms with E-state index in [-0.39, 0.29) is 40.5 Å². The topological polar surface area (TPSA) is 257 Å². The van der Waals surface area contributed by atoms with E-state index in [1.807, 2.05) is 156 Å². The van der Waals surface area contributed by atoms with Crippen LogP contribution in [-0.2, 0) is 9.84 Å². The van der Waals surface area contributed by atoms with Gasteiger partial charge in [-0.05, 0) is 186 Å². The van der Waals surface area contributed by atoms with Crippen molar-refractivity contribution in [3.8, 4) is 11.5 Å². The van der Waals surface area contributed by atoms with E-state index < -0.39 is 9.84 Å². The minimum atomic E-state index is -3.24. The maximum absolute atomic E-state index is 13.4. The first-order chi connectivity index (χ1) is 51.9. The molecule has 108 heavy (non-hydrogen) atoms. The summed E-state index contributed by atoms with van der Waals surface area (Å²) in [5.41, 5.74) is 9.63. The van der Waals surface area contributed by atoms with Crippen molar-refractivity contribution >= 4 is 125 Å². The van der Waals surface area contributed by atoms with E-state index in [4.69, 9.17) is 24.4 Å². The first kappa shape index (κ1) is 74.6. The number of pyridine rings is 3. The molecular formula is C81H91N17O9S. The van der Waals surface area contributed by atoms with Crippen LogP contribution in [-0.4, -0.2) is 214 Å². The SMILES string of the molecule is CN1C(=O)c2ccccc2N(C)c2nc(Nc3ccc(S(C)(=O)=O)cc3)ccc21.COc1cc(C(=O)N2CCC(N3CCN(C)CC3)CC2)ccc1Nc1ccc2c(n1)N(C)c1ccccc1C(=O)N2C.COc1cc(C(=O)NC2CCN(C)CC2)ccc1Nc1ccc2c(n1)N(C)c1ccccc1C(=O)N2C. The van der Waals surface area contributed by atoms with Gasteiger partial charge in [-0.25, -0.2) is 23.4 Å². The summed E-state index contributed by atoms with van der Waals surface area (Å²) in [4.78, 5) is 99.8. The first-order valence-corrected chi connectivity index (χ1v) is 37.9. The van der Waals surface area contributed by atoms with Crippen molar-refractivity contribution in [3.63, 3.8) is 0 Å². The number of nitrogens with zero attached hydrogens (tertiary/aromatic N) is 13. The van der Waals surface area contributed by atoms with Crippen molar-refractivity contribution in [2.75, 3.05) is 175 Å². The maximum atomic E-state index is 13.4. The Kier molecular flexibility index (Phi) is 22.0. The molecule has 0 radical (unpaired) electrons. The Labute approximate surface area is 630 Å². The van der Waals surface area contributed by atoms with E-state index in [2.05, 4.69) is 50.1 Å². The zero-order chi connectivity index (χ0) is 76.2. The van der Waals surface area contributed by atoms with Gasteiger partial charge in [-0.3, -0.25) is 28.9 Å². The van der Waals surface area contributed by atoms with Gasteiger partial charge in [0, 0.05) is 117 Å². The zero-order valence-electron chi connectivity index (χ0n) is 62.7. The normalized spacial score (nSPS) is 16.3. The number of hydrogen-bond donors (Lipinski definition) is 4. The van der Waals surface area contributed by atoms with Crippen molar-refractivity contribution < 1.29 is 41.9 Å². The third-order valence-electron chi connectivity index (χ3n) is 20.9. The van der Waals surface area contributed by atoms with Gasteiger partial charge in [-0.15, -0.1) is 0 Å². The summed E-state index contributed by atoms with van der Waals surface area (Å²) >= 11 is 0. The molecule has 560 valence electrons. The van der Waals surface area contributed by atoms with Crippen LogP contribution in [0.1, 0.15) is 77.5 Å². The molecule has 27 heteroatoms. The van der Waals surface area contributed by atoms with Gasteiger partial charge in [0.1, 0.15) is 29.0 Å². The van der Waals surface area contributed by atoms with E-state index in [0.717, 1.165) is 95.1 Å². The molecule has 0 saturated carbocycles. The van der Waals surface area contributed by atoms with E-state index in [9.17, 15) is 32.4 Å². The lowest BCUT2D eigenvalue weighted by Gasteiger charge is -2.42. The minimum absolute atomic E-state index is 0.0350. The van der Waals surface area contributed by atoms with Crippen molar-refractivity contribution in [3.05, 3.63) is 198 Å². The number of para-hydroxylation sites is 3. The van der Waals surface area contributed by atoms with Crippen LogP contribution in [0.3, 0.4) is 0 Å². The van der Waals surface area contributed by atoms with Crippen LogP contribution in [0, 0.1) is 0 Å². The first-order valence-electron chi connectivity index (χ1n) is 36.0. The van der Waals surface area contributed by atoms with Gasteiger partial charge in [-0.1, -0.05) is 36.4 Å². The van der Waals surface area contributed by atoms with Crippen LogP contribution in [0.25, 0.3) is 0 Å². The van der Waals surface area contributed by atoms with Gasteiger partial charge in [0.25, 0.3) is 29.5 Å². The van der Waals surface area contributed by atoms with Crippen LogP contribution in [0.4, 0.5) is 86.1 Å². The number of sulfone groups is 1. The van der Waals surface area contributed by atoms with Crippen LogP contribution in [0.15, 0.2) is 175 Å². The lowest BCUT2D eigenvalue weighted by atomic mass is 10.0. The number of rotatable bonds is 13. The average molecular weight is 1480 g/mol. The molecule has 0 bridgehead atoms. The van der Waals surface area contributed by atoms with Gasteiger partial charge in [-0.2, -0.15) is 0 Å². The minimum Gasteiger partial charge on any atom is -0.495 e. The number of carbonyl (C=O) groups excluding carboxylic acids is 5. The van der Waals surface area contributed by atoms with Crippen molar-refractivity contribution in [1.29, 1.82) is 0 Å². The van der Waals surface area contributed by atoms with Crippen LogP contribution < -0.4 is 60.1 Å². The highest BCUT2D eigenvalue weighted by Crippen LogP contribution is 2.43. The number of piperidine rings is 2. The molecule has 6 aliphatic heterocycles. The summed E-state index contributed by atoms with van der Waals surface area (Å²) in [6.45, 7) is 7.95. The maximum Gasteiger partial charge on any atom is 0.260 e. The lowest BCUT2D eigenvalue weighted by molar-refractivity contribution is 0.0518. The van der Waals surface area contributed by atoms with E-state index in [1.54, 1.807) is 105 Å². The highest BCUT2D eigenvalue weighted by molar-refractivity contribution is 7.90. The molecule has 9 heterocycles. The number of amides is 5. The monoisotopic (exact) mass is 1480 g/mol. The van der Waals surface area contributed by atoms with Crippen molar-refractivity contribution in [2.45, 2.75) is 42.7 Å². The molecule has 3 aromatic heterocycles. The van der Waals surface area contributed by atoms with Crippen molar-refractivity contribution in [1.82, 2.24) is 39.9 Å². The second kappa shape index (κ2) is 31.8. The number of carbonyl (C=O) groups is 5. The molecule has 0 aliphatic carbocycles. The highest BCUT2D eigenvalue weighted by atomic mass is 32.2. The van der Waals surface area contributed by atoms with Crippen molar-refractivity contribution in [2.24, 2.45) is 0 Å². The molecule has 15 rings (SSSR count). The molecule has 4 N–H and O–H groups in total. The molecule has 5 amide bonds. The van der Waals surface area contributed by atoms with Gasteiger partial charge < -0.3 is 74.8 Å². The standard InChI is InChI=1S/C32H39N7O3.C28H32N6O3.C21H20N4O3S/c1-35-17-19-38(20-18-35)23-13-15-39(16-14-23)31(40)22-9-10-25(28(21-22)42-4)33-29-12-11-27-30(34-29)36(2)26-8-6-5-7-24(26)32(41)37(27)3;1-32-15-13-19(14-16-32)29-27(35)18-9-10-21(24(17-18)37-4)30-25-12-11-23-26(31-25)33(2)22-8-6-5-7-20(22)28(36)34(23)3;1-24-17-7-5-4-6-16(17)21(26)25(2)18-12-13-19(23-20(18)24)22-14-8-10-15(11-9-14)29(3,27)28/h5-12,21,23H,13-20H2,1-4H3,(H,33,34);5-12,17,19H,13-16H2,1-4H3,(H,29,35)(H,30,31);4-13H,1-3H3,(H,22,23). The zero-order valence-corrected chi connectivity index (χ0v) is 63.5. The second-order valence-corrected chi connectivity index (χ2v) is 29.9. The molecule has 0 unspecified atom stereocenters. The molecule has 0 atom stereocenters. The summed E-state index contributed by atoms with van der Waals surface area (Å²) in [6.07, 6.45) is 5.09. The summed E-state index contributed by atoms with van der Waals surface area (Å²) in [6, 6.07) is 51.6. The number of methoxy groups -OCH3 is 2. The summed E-state index contributed by atoms with van der Waals surface area (Å²) in [5.74, 6) is 4.51. The predicted octanol–water partition coefficient (Wildman–Crippen LogP) is 11.6. The van der Waals surface area contributed by atoms with Gasteiger partial charge >= 0.3 is 0 Å². The Balaban J connectivity index is 0.000000145. The fourth-order valence-electron chi connectivity index (χ4n) is 14.4. The predicted molar refractivity (Wildman–Crippen MR) is 426 cm³/mol.